The maximum absolute atomic E-state index is 12.3. The van der Waals surface area contributed by atoms with Gasteiger partial charge in [-0.1, -0.05) is 47.7 Å². The van der Waals surface area contributed by atoms with Crippen molar-refractivity contribution >= 4 is 22.5 Å². The Bertz CT molecular complexity index is 904. The van der Waals surface area contributed by atoms with Crippen LogP contribution in [0.15, 0.2) is 54.7 Å². The highest BCUT2D eigenvalue weighted by atomic mass is 32.1. The zero-order valence-corrected chi connectivity index (χ0v) is 17.1. The molecule has 2 amide bonds. The summed E-state index contributed by atoms with van der Waals surface area (Å²) < 4.78 is 0. The van der Waals surface area contributed by atoms with Gasteiger partial charge in [0.05, 0.1) is 6.10 Å². The monoisotopic (exact) mass is 412 g/mol. The molecule has 1 aromatic carbocycles. The number of urea groups is 1. The summed E-state index contributed by atoms with van der Waals surface area (Å²) in [6.07, 6.45) is 0.996. The van der Waals surface area contributed by atoms with Gasteiger partial charge in [0.25, 0.3) is 0 Å². The molecule has 0 bridgehead atoms. The number of rotatable bonds is 8. The lowest BCUT2D eigenvalue weighted by Gasteiger charge is -2.26. The average molecular weight is 413 g/mol. The number of nitrogens with one attached hydrogen (secondary N) is 2. The lowest BCUT2D eigenvalue weighted by molar-refractivity contribution is 0.0911. The van der Waals surface area contributed by atoms with E-state index in [-0.39, 0.29) is 5.92 Å². The van der Waals surface area contributed by atoms with Gasteiger partial charge in [-0.2, -0.15) is 0 Å². The predicted molar refractivity (Wildman–Crippen MR) is 114 cm³/mol. The molecule has 0 saturated heterocycles. The molecule has 3 rings (SSSR count). The Labute approximate surface area is 173 Å². The van der Waals surface area contributed by atoms with Gasteiger partial charge in [0.15, 0.2) is 5.01 Å². The van der Waals surface area contributed by atoms with Crippen LogP contribution >= 0.6 is 11.3 Å². The van der Waals surface area contributed by atoms with Crippen LogP contribution in [-0.2, 0) is 0 Å². The second-order valence-corrected chi connectivity index (χ2v) is 7.82. The summed E-state index contributed by atoms with van der Waals surface area (Å²) in [6, 6.07) is 14.6. The second-order valence-electron chi connectivity index (χ2n) is 6.84. The summed E-state index contributed by atoms with van der Waals surface area (Å²) in [6.45, 7) is 0.935. The van der Waals surface area contributed by atoms with Crippen LogP contribution in [0.5, 0.6) is 0 Å². The molecule has 0 saturated carbocycles. The van der Waals surface area contributed by atoms with Gasteiger partial charge in [-0.25, -0.2) is 4.79 Å². The summed E-state index contributed by atoms with van der Waals surface area (Å²) in [5, 5.41) is 25.3. The van der Waals surface area contributed by atoms with Crippen molar-refractivity contribution in [2.75, 3.05) is 32.5 Å². The Hall–Kier alpha value is -2.88. The molecule has 2 aromatic heterocycles. The molecular formula is C20H24N6O2S. The number of carbonyl (C=O) groups excluding carboxylic acids is 1. The molecule has 29 heavy (non-hydrogen) atoms. The summed E-state index contributed by atoms with van der Waals surface area (Å²) in [5.41, 5.74) is 1.53. The van der Waals surface area contributed by atoms with Crippen molar-refractivity contribution < 1.29 is 9.90 Å². The molecule has 3 aromatic rings. The number of carbonyl (C=O) groups is 1. The zero-order chi connectivity index (χ0) is 20.6. The van der Waals surface area contributed by atoms with Crippen molar-refractivity contribution in [2.45, 2.75) is 6.10 Å². The zero-order valence-electron chi connectivity index (χ0n) is 16.3. The van der Waals surface area contributed by atoms with E-state index in [1.165, 1.54) is 11.3 Å². The smallest absolute Gasteiger partial charge is 0.321 e. The molecule has 0 spiro atoms. The fourth-order valence-corrected chi connectivity index (χ4v) is 3.61. The van der Waals surface area contributed by atoms with Crippen LogP contribution in [0.3, 0.4) is 0 Å². The van der Waals surface area contributed by atoms with Crippen LogP contribution in [0.1, 0.15) is 11.7 Å². The molecule has 2 heterocycles. The number of benzene rings is 1. The first-order chi connectivity index (χ1) is 14.0. The van der Waals surface area contributed by atoms with E-state index in [0.717, 1.165) is 5.56 Å². The highest BCUT2D eigenvalue weighted by Crippen LogP contribution is 2.24. The fourth-order valence-electron chi connectivity index (χ4n) is 2.90. The third-order valence-electron chi connectivity index (χ3n) is 4.24. The molecule has 0 aliphatic carbocycles. The van der Waals surface area contributed by atoms with E-state index in [1.807, 2.05) is 67.5 Å². The number of aliphatic hydroxyl groups is 1. The number of nitrogens with zero attached hydrogens (tertiary/aromatic N) is 4. The van der Waals surface area contributed by atoms with Crippen LogP contribution in [0.4, 0.5) is 9.93 Å². The number of aliphatic hydroxyl groups excluding tert-OH is 1. The van der Waals surface area contributed by atoms with Crippen molar-refractivity contribution in [3.8, 4) is 10.7 Å². The van der Waals surface area contributed by atoms with E-state index in [1.54, 1.807) is 6.20 Å². The maximum Gasteiger partial charge on any atom is 0.321 e. The van der Waals surface area contributed by atoms with Crippen LogP contribution in [0.25, 0.3) is 10.7 Å². The predicted octanol–water partition coefficient (Wildman–Crippen LogP) is 2.63. The third kappa shape index (κ3) is 6.05. The number of aromatic nitrogens is 3. The Morgan fingerprint density at radius 2 is 1.90 bits per heavy atom. The van der Waals surface area contributed by atoms with Gasteiger partial charge < -0.3 is 15.3 Å². The maximum atomic E-state index is 12.3. The van der Waals surface area contributed by atoms with Gasteiger partial charge in [0.1, 0.15) is 5.69 Å². The molecule has 8 nitrogen and oxygen atoms in total. The molecule has 3 N–H and O–H groups in total. The Morgan fingerprint density at radius 1 is 1.14 bits per heavy atom. The van der Waals surface area contributed by atoms with Crippen LogP contribution in [0, 0.1) is 5.92 Å². The molecule has 2 unspecified atom stereocenters. The minimum absolute atomic E-state index is 0.170. The van der Waals surface area contributed by atoms with Gasteiger partial charge >= 0.3 is 6.03 Å². The first-order valence-corrected chi connectivity index (χ1v) is 10.0. The van der Waals surface area contributed by atoms with E-state index in [0.29, 0.717) is 28.9 Å². The topological polar surface area (TPSA) is 103 Å². The van der Waals surface area contributed by atoms with Gasteiger partial charge in [0.2, 0.25) is 5.13 Å². The summed E-state index contributed by atoms with van der Waals surface area (Å²) in [7, 11) is 3.87. The second kappa shape index (κ2) is 10.1. The van der Waals surface area contributed by atoms with E-state index in [2.05, 4.69) is 25.8 Å². The molecular weight excluding hydrogens is 388 g/mol. The first-order valence-electron chi connectivity index (χ1n) is 9.20. The van der Waals surface area contributed by atoms with Crippen molar-refractivity contribution in [3.05, 3.63) is 60.3 Å². The minimum Gasteiger partial charge on any atom is -0.388 e. The standard InChI is InChI=1S/C20H24N6O2S/c1-26(2)13-15(17(27)14-8-4-3-5-9-14)12-22-19(28)23-20-25-24-18(29-20)16-10-6-7-11-21-16/h3-11,15,17,27H,12-13H2,1-2H3,(H2,22,23,25,28). The van der Waals surface area contributed by atoms with Gasteiger partial charge in [-0.15, -0.1) is 10.2 Å². The van der Waals surface area contributed by atoms with Crippen molar-refractivity contribution in [3.63, 3.8) is 0 Å². The van der Waals surface area contributed by atoms with E-state index < -0.39 is 12.1 Å². The largest absolute Gasteiger partial charge is 0.388 e. The van der Waals surface area contributed by atoms with Crippen molar-refractivity contribution in [2.24, 2.45) is 5.92 Å². The van der Waals surface area contributed by atoms with Crippen LogP contribution in [-0.4, -0.2) is 58.4 Å². The summed E-state index contributed by atoms with van der Waals surface area (Å²) in [5.74, 6) is -0.170. The number of hydrogen-bond acceptors (Lipinski definition) is 7. The number of pyridine rings is 1. The normalized spacial score (nSPS) is 13.1. The molecule has 2 atom stereocenters. The summed E-state index contributed by atoms with van der Waals surface area (Å²) in [4.78, 5) is 18.5. The molecule has 0 radical (unpaired) electrons. The number of hydrogen-bond donors (Lipinski definition) is 3. The van der Waals surface area contributed by atoms with E-state index in [9.17, 15) is 9.90 Å². The molecule has 9 heteroatoms. The van der Waals surface area contributed by atoms with Gasteiger partial charge in [0, 0.05) is 25.2 Å². The Morgan fingerprint density at radius 3 is 2.59 bits per heavy atom. The number of amides is 2. The fraction of sp³-hybridized carbons (Fsp3) is 0.300. The first kappa shape index (κ1) is 20.8. The highest BCUT2D eigenvalue weighted by molar-refractivity contribution is 7.18. The lowest BCUT2D eigenvalue weighted by Crippen LogP contribution is -2.39. The third-order valence-corrected chi connectivity index (χ3v) is 5.10. The quantitative estimate of drug-likeness (QED) is 0.526. The SMILES string of the molecule is CN(C)CC(CNC(=O)Nc1nnc(-c2ccccn2)s1)C(O)c1ccccc1. The Kier molecular flexibility index (Phi) is 7.23. The summed E-state index contributed by atoms with van der Waals surface area (Å²) >= 11 is 1.25. The minimum atomic E-state index is -0.684. The van der Waals surface area contributed by atoms with Crippen molar-refractivity contribution in [1.29, 1.82) is 0 Å². The lowest BCUT2D eigenvalue weighted by atomic mass is 9.95. The van der Waals surface area contributed by atoms with Gasteiger partial charge in [-0.05, 0) is 31.8 Å². The van der Waals surface area contributed by atoms with Crippen LogP contribution < -0.4 is 10.6 Å². The van der Waals surface area contributed by atoms with E-state index in [4.69, 9.17) is 0 Å². The van der Waals surface area contributed by atoms with E-state index >= 15 is 0 Å². The molecule has 0 aliphatic heterocycles. The number of anilines is 1. The van der Waals surface area contributed by atoms with Gasteiger partial charge in [-0.3, -0.25) is 10.3 Å². The highest BCUT2D eigenvalue weighted by Gasteiger charge is 2.22. The van der Waals surface area contributed by atoms with Crippen LogP contribution in [0.2, 0.25) is 0 Å². The van der Waals surface area contributed by atoms with Crippen molar-refractivity contribution in [1.82, 2.24) is 25.4 Å². The molecule has 0 fully saturated rings. The molecule has 0 aliphatic rings. The molecule has 152 valence electrons. The average Bonchev–Trinajstić information content (AvgIpc) is 3.20. The Balaban J connectivity index is 1.58.